The summed E-state index contributed by atoms with van der Waals surface area (Å²) in [5.74, 6) is 1.37. The minimum Gasteiger partial charge on any atom is -0.388 e. The summed E-state index contributed by atoms with van der Waals surface area (Å²) >= 11 is 0. The fourth-order valence-corrected chi connectivity index (χ4v) is 1.67. The minimum absolute atomic E-state index is 0. The largest absolute Gasteiger partial charge is 0.388 e. The predicted molar refractivity (Wildman–Crippen MR) is 87.6 cm³/mol. The van der Waals surface area contributed by atoms with Gasteiger partial charge in [-0.3, -0.25) is 4.99 Å². The van der Waals surface area contributed by atoms with Crippen LogP contribution in [0.5, 0.6) is 0 Å². The lowest BCUT2D eigenvalue weighted by Crippen LogP contribution is -2.46. The maximum Gasteiger partial charge on any atom is 0.191 e. The summed E-state index contributed by atoms with van der Waals surface area (Å²) in [7, 11) is 0. The number of aliphatic imine (C=N–C) groups is 1. The first-order valence-electron chi connectivity index (χ1n) is 6.74. The van der Waals surface area contributed by atoms with E-state index >= 15 is 0 Å². The van der Waals surface area contributed by atoms with Crippen LogP contribution in [0, 0.1) is 5.92 Å². The number of halogens is 1. The first-order valence-corrected chi connectivity index (χ1v) is 6.74. The highest BCUT2D eigenvalue weighted by Gasteiger charge is 2.34. The summed E-state index contributed by atoms with van der Waals surface area (Å²) < 4.78 is 0. The van der Waals surface area contributed by atoms with Gasteiger partial charge in [0.15, 0.2) is 5.96 Å². The average Bonchev–Trinajstić information content (AvgIpc) is 2.23. The summed E-state index contributed by atoms with van der Waals surface area (Å²) in [5.41, 5.74) is -0.538. The van der Waals surface area contributed by atoms with E-state index in [1.54, 1.807) is 0 Å². The molecule has 0 aromatic carbocycles. The van der Waals surface area contributed by atoms with Crippen molar-refractivity contribution in [2.24, 2.45) is 10.9 Å². The predicted octanol–water partition coefficient (Wildman–Crippen LogP) is 2.12. The summed E-state index contributed by atoms with van der Waals surface area (Å²) in [6.45, 7) is 9.91. The van der Waals surface area contributed by atoms with E-state index in [2.05, 4.69) is 43.3 Å². The number of nitrogens with zero attached hydrogens (tertiary/aromatic N) is 1. The molecule has 0 spiro atoms. The molecule has 3 N–H and O–H groups in total. The first-order chi connectivity index (χ1) is 7.97. The normalized spacial score (nSPS) is 19.8. The fourth-order valence-electron chi connectivity index (χ4n) is 1.67. The smallest absolute Gasteiger partial charge is 0.191 e. The zero-order valence-electron chi connectivity index (χ0n) is 12.0. The summed E-state index contributed by atoms with van der Waals surface area (Å²) in [6.07, 6.45) is 2.89. The van der Waals surface area contributed by atoms with Gasteiger partial charge in [0.2, 0.25) is 0 Å². The van der Waals surface area contributed by atoms with E-state index in [4.69, 9.17) is 0 Å². The molecule has 4 nitrogen and oxygen atoms in total. The summed E-state index contributed by atoms with van der Waals surface area (Å²) in [4.78, 5) is 4.47. The van der Waals surface area contributed by atoms with Crippen LogP contribution >= 0.6 is 24.0 Å². The molecule has 0 amide bonds. The molecule has 1 aliphatic rings. The molecule has 0 aromatic heterocycles. The maximum atomic E-state index is 10.0. The Hall–Kier alpha value is -0.0400. The van der Waals surface area contributed by atoms with Crippen molar-refractivity contribution in [3.05, 3.63) is 0 Å². The topological polar surface area (TPSA) is 56.7 Å². The van der Waals surface area contributed by atoms with Crippen molar-refractivity contribution in [2.75, 3.05) is 13.1 Å². The van der Waals surface area contributed by atoms with Crippen molar-refractivity contribution in [2.45, 2.75) is 58.6 Å². The minimum atomic E-state index is -0.538. The van der Waals surface area contributed by atoms with Crippen LogP contribution in [0.15, 0.2) is 4.99 Å². The second-order valence-corrected chi connectivity index (χ2v) is 5.45. The van der Waals surface area contributed by atoms with Gasteiger partial charge in [0.05, 0.1) is 12.1 Å². The molecule has 0 aromatic rings. The third-order valence-corrected chi connectivity index (χ3v) is 3.52. The first kappa shape index (κ1) is 18.0. The number of guanidine groups is 1. The van der Waals surface area contributed by atoms with Crippen molar-refractivity contribution >= 4 is 29.9 Å². The molecular weight excluding hydrogens is 341 g/mol. The molecule has 1 atom stereocenters. The molecule has 108 valence electrons. The molecule has 1 unspecified atom stereocenters. The second kappa shape index (κ2) is 8.19. The highest BCUT2D eigenvalue weighted by atomic mass is 127. The second-order valence-electron chi connectivity index (χ2n) is 5.45. The number of rotatable bonds is 5. The Morgan fingerprint density at radius 3 is 2.33 bits per heavy atom. The van der Waals surface area contributed by atoms with Crippen LogP contribution in [0.4, 0.5) is 0 Å². The van der Waals surface area contributed by atoms with E-state index in [1.807, 2.05) is 0 Å². The number of aliphatic hydroxyl groups is 1. The van der Waals surface area contributed by atoms with Gasteiger partial charge >= 0.3 is 0 Å². The Morgan fingerprint density at radius 2 is 1.94 bits per heavy atom. The molecule has 0 aliphatic heterocycles. The summed E-state index contributed by atoms with van der Waals surface area (Å²) in [6, 6.07) is 0.379. The van der Waals surface area contributed by atoms with Crippen LogP contribution in [0.3, 0.4) is 0 Å². The van der Waals surface area contributed by atoms with E-state index in [0.29, 0.717) is 18.5 Å². The molecule has 0 saturated heterocycles. The SMILES string of the molecule is CCNC(=NCC1(O)CCC1)NC(C)C(C)C.I. The lowest BCUT2D eigenvalue weighted by Gasteiger charge is -2.35. The van der Waals surface area contributed by atoms with Gasteiger partial charge in [0.1, 0.15) is 0 Å². The van der Waals surface area contributed by atoms with E-state index in [1.165, 1.54) is 0 Å². The van der Waals surface area contributed by atoms with Crippen molar-refractivity contribution in [1.29, 1.82) is 0 Å². The third-order valence-electron chi connectivity index (χ3n) is 3.52. The van der Waals surface area contributed by atoms with Crippen molar-refractivity contribution in [3.63, 3.8) is 0 Å². The third kappa shape index (κ3) is 5.73. The van der Waals surface area contributed by atoms with Gasteiger partial charge in [-0.25, -0.2) is 0 Å². The lowest BCUT2D eigenvalue weighted by atomic mass is 9.80. The van der Waals surface area contributed by atoms with Gasteiger partial charge in [-0.05, 0) is 39.0 Å². The van der Waals surface area contributed by atoms with Gasteiger partial charge in [-0.1, -0.05) is 13.8 Å². The van der Waals surface area contributed by atoms with Crippen molar-refractivity contribution in [3.8, 4) is 0 Å². The molecule has 0 heterocycles. The maximum absolute atomic E-state index is 10.0. The lowest BCUT2D eigenvalue weighted by molar-refractivity contribution is -0.0236. The number of nitrogens with one attached hydrogen (secondary N) is 2. The Balaban J connectivity index is 0.00000289. The molecule has 5 heteroatoms. The van der Waals surface area contributed by atoms with Crippen LogP contribution in [0.25, 0.3) is 0 Å². The van der Waals surface area contributed by atoms with Crippen LogP contribution in [0.2, 0.25) is 0 Å². The highest BCUT2D eigenvalue weighted by Crippen LogP contribution is 2.31. The standard InChI is InChI=1S/C13H27N3O.HI/c1-5-14-12(16-11(4)10(2)3)15-9-13(17)7-6-8-13;/h10-11,17H,5-9H2,1-4H3,(H2,14,15,16);1H. The molecule has 1 fully saturated rings. The van der Waals surface area contributed by atoms with Crippen molar-refractivity contribution in [1.82, 2.24) is 10.6 Å². The van der Waals surface area contributed by atoms with Crippen LogP contribution < -0.4 is 10.6 Å². The molecular formula is C13H28IN3O. The van der Waals surface area contributed by atoms with Gasteiger partial charge in [0.25, 0.3) is 0 Å². The molecule has 1 saturated carbocycles. The van der Waals surface area contributed by atoms with E-state index in [-0.39, 0.29) is 24.0 Å². The zero-order valence-corrected chi connectivity index (χ0v) is 14.3. The Morgan fingerprint density at radius 1 is 1.33 bits per heavy atom. The number of hydrogen-bond acceptors (Lipinski definition) is 2. The average molecular weight is 369 g/mol. The van der Waals surface area contributed by atoms with E-state index in [9.17, 15) is 5.11 Å². The van der Waals surface area contributed by atoms with Gasteiger partial charge in [0, 0.05) is 12.6 Å². The molecule has 1 rings (SSSR count). The summed E-state index contributed by atoms with van der Waals surface area (Å²) in [5, 5.41) is 16.6. The highest BCUT2D eigenvalue weighted by molar-refractivity contribution is 14.0. The van der Waals surface area contributed by atoms with E-state index < -0.39 is 5.60 Å². The van der Waals surface area contributed by atoms with Gasteiger partial charge < -0.3 is 15.7 Å². The Bertz CT molecular complexity index is 265. The van der Waals surface area contributed by atoms with Crippen molar-refractivity contribution < 1.29 is 5.11 Å². The molecule has 0 bridgehead atoms. The molecule has 1 aliphatic carbocycles. The van der Waals surface area contributed by atoms with Crippen LogP contribution in [0.1, 0.15) is 47.0 Å². The zero-order chi connectivity index (χ0) is 12.9. The van der Waals surface area contributed by atoms with E-state index in [0.717, 1.165) is 31.8 Å². The molecule has 18 heavy (non-hydrogen) atoms. The Labute approximate surface area is 128 Å². The fraction of sp³-hybridized carbons (Fsp3) is 0.923. The van der Waals surface area contributed by atoms with Gasteiger partial charge in [-0.2, -0.15) is 0 Å². The van der Waals surface area contributed by atoms with Crippen LogP contribution in [-0.2, 0) is 0 Å². The number of hydrogen-bond donors (Lipinski definition) is 3. The quantitative estimate of drug-likeness (QED) is 0.395. The monoisotopic (exact) mass is 369 g/mol. The van der Waals surface area contributed by atoms with Crippen LogP contribution in [-0.4, -0.2) is 35.8 Å². The van der Waals surface area contributed by atoms with Gasteiger partial charge in [-0.15, -0.1) is 24.0 Å². The Kier molecular flexibility index (Phi) is 8.18. The molecule has 0 radical (unpaired) electrons.